The van der Waals surface area contributed by atoms with Crippen molar-refractivity contribution >= 4 is 22.8 Å². The average Bonchev–Trinajstić information content (AvgIpc) is 2.28. The third-order valence-corrected chi connectivity index (χ3v) is 2.95. The number of thioether (sulfide) groups is 1. The summed E-state index contributed by atoms with van der Waals surface area (Å²) in [5.74, 6) is 0.131. The van der Waals surface area contributed by atoms with Crippen molar-refractivity contribution in [2.45, 2.75) is 25.5 Å². The van der Waals surface area contributed by atoms with Gasteiger partial charge in [-0.2, -0.15) is 0 Å². The molecule has 0 aliphatic carbocycles. The van der Waals surface area contributed by atoms with Crippen molar-refractivity contribution in [3.63, 3.8) is 0 Å². The molecule has 78 valence electrons. The molecule has 1 aliphatic heterocycles. The Morgan fingerprint density at radius 1 is 1.64 bits per heavy atom. The predicted octanol–water partition coefficient (Wildman–Crippen LogP) is 1.44. The summed E-state index contributed by atoms with van der Waals surface area (Å²) < 4.78 is 0. The maximum atomic E-state index is 11.5. The first-order valence-corrected chi connectivity index (χ1v) is 5.46. The molecule has 1 aliphatic rings. The van der Waals surface area contributed by atoms with Crippen molar-refractivity contribution in [3.05, 3.63) is 12.2 Å². The summed E-state index contributed by atoms with van der Waals surface area (Å²) in [5.41, 5.74) is 0.979. The summed E-state index contributed by atoms with van der Waals surface area (Å²) in [7, 11) is 0. The van der Waals surface area contributed by atoms with Gasteiger partial charge in [-0.05, 0) is 6.92 Å². The van der Waals surface area contributed by atoms with Crippen LogP contribution in [0, 0.1) is 0 Å². The molecule has 1 fully saturated rings. The first kappa shape index (κ1) is 11.3. The number of nitrogens with zero attached hydrogens (tertiary/aromatic N) is 1. The van der Waals surface area contributed by atoms with E-state index in [1.807, 2.05) is 6.92 Å². The molecule has 1 unspecified atom stereocenters. The van der Waals surface area contributed by atoms with Crippen LogP contribution in [-0.2, 0) is 9.59 Å². The molecule has 0 saturated carbocycles. The molecule has 1 saturated heterocycles. The fourth-order valence-corrected chi connectivity index (χ4v) is 2.48. The molecule has 0 N–H and O–H groups in total. The summed E-state index contributed by atoms with van der Waals surface area (Å²) in [6.45, 7) is 8.51. The normalized spacial score (nSPS) is 21.4. The van der Waals surface area contributed by atoms with E-state index in [2.05, 4.69) is 6.58 Å². The van der Waals surface area contributed by atoms with Crippen LogP contribution in [0.2, 0.25) is 0 Å². The molecule has 0 aromatic rings. The zero-order valence-electron chi connectivity index (χ0n) is 8.58. The molecule has 0 aromatic carbocycles. The first-order valence-electron chi connectivity index (χ1n) is 4.58. The topological polar surface area (TPSA) is 37.4 Å². The average molecular weight is 213 g/mol. The van der Waals surface area contributed by atoms with Crippen molar-refractivity contribution in [2.24, 2.45) is 0 Å². The molecule has 1 amide bonds. The van der Waals surface area contributed by atoms with Gasteiger partial charge in [0.15, 0.2) is 5.12 Å². The van der Waals surface area contributed by atoms with Gasteiger partial charge < -0.3 is 4.90 Å². The minimum Gasteiger partial charge on any atom is -0.338 e. The van der Waals surface area contributed by atoms with E-state index in [1.165, 1.54) is 18.7 Å². The fourth-order valence-electron chi connectivity index (χ4n) is 1.53. The van der Waals surface area contributed by atoms with Gasteiger partial charge in [0, 0.05) is 31.7 Å². The van der Waals surface area contributed by atoms with Gasteiger partial charge in [0.1, 0.15) is 0 Å². The van der Waals surface area contributed by atoms with Crippen LogP contribution in [0.15, 0.2) is 12.2 Å². The Balaban J connectivity index is 2.47. The fraction of sp³-hybridized carbons (Fsp3) is 0.600. The van der Waals surface area contributed by atoms with Crippen molar-refractivity contribution in [1.29, 1.82) is 0 Å². The van der Waals surface area contributed by atoms with Crippen LogP contribution < -0.4 is 0 Å². The van der Waals surface area contributed by atoms with Crippen molar-refractivity contribution in [3.8, 4) is 0 Å². The molecule has 0 spiro atoms. The number of hydrogen-bond donors (Lipinski definition) is 0. The predicted molar refractivity (Wildman–Crippen MR) is 58.1 cm³/mol. The van der Waals surface area contributed by atoms with Crippen LogP contribution in [0.3, 0.4) is 0 Å². The highest BCUT2D eigenvalue weighted by Gasteiger charge is 2.30. The van der Waals surface area contributed by atoms with Gasteiger partial charge in [0.05, 0.1) is 0 Å². The Hall–Kier alpha value is -0.770. The van der Waals surface area contributed by atoms with Gasteiger partial charge in [0.25, 0.3) is 0 Å². The Morgan fingerprint density at radius 3 is 2.79 bits per heavy atom. The van der Waals surface area contributed by atoms with Gasteiger partial charge in [0.2, 0.25) is 5.91 Å². The second-order valence-electron chi connectivity index (χ2n) is 3.67. The van der Waals surface area contributed by atoms with E-state index in [1.54, 1.807) is 4.90 Å². The number of likely N-dealkylation sites (tertiary alicyclic amines) is 1. The quantitative estimate of drug-likeness (QED) is 0.666. The lowest BCUT2D eigenvalue weighted by molar-refractivity contribution is -0.127. The third-order valence-electron chi connectivity index (χ3n) is 1.97. The van der Waals surface area contributed by atoms with Crippen LogP contribution in [0.25, 0.3) is 0 Å². The molecule has 4 heteroatoms. The lowest BCUT2D eigenvalue weighted by Crippen LogP contribution is -2.27. The first-order chi connectivity index (χ1) is 6.49. The Bertz CT molecular complexity index is 275. The zero-order valence-corrected chi connectivity index (χ0v) is 9.39. The minimum absolute atomic E-state index is 0.0833. The van der Waals surface area contributed by atoms with Gasteiger partial charge in [-0.15, -0.1) is 0 Å². The number of rotatable bonds is 3. The smallest absolute Gasteiger partial charge is 0.224 e. The van der Waals surface area contributed by atoms with Crippen LogP contribution in [-0.4, -0.2) is 34.3 Å². The minimum atomic E-state index is 0.0833. The molecule has 1 atom stereocenters. The number of carbonyl (C=O) groups excluding carboxylic acids is 2. The number of hydrogen-bond acceptors (Lipinski definition) is 3. The van der Waals surface area contributed by atoms with Gasteiger partial charge >= 0.3 is 0 Å². The van der Waals surface area contributed by atoms with Gasteiger partial charge in [-0.25, -0.2) is 0 Å². The second-order valence-corrected chi connectivity index (χ2v) is 5.14. The van der Waals surface area contributed by atoms with E-state index < -0.39 is 0 Å². The Labute approximate surface area is 88.5 Å². The maximum Gasteiger partial charge on any atom is 0.224 e. The van der Waals surface area contributed by atoms with Crippen LogP contribution in [0.1, 0.15) is 20.3 Å². The molecule has 0 aromatic heterocycles. The summed E-state index contributed by atoms with van der Waals surface area (Å²) in [6, 6.07) is 0. The monoisotopic (exact) mass is 213 g/mol. The summed E-state index contributed by atoms with van der Waals surface area (Å²) >= 11 is 1.27. The SMILES string of the molecule is C=C(C)CN1CC(SC(C)=O)CC1=O. The third kappa shape index (κ3) is 3.18. The molecule has 0 radical (unpaired) electrons. The second kappa shape index (κ2) is 4.64. The maximum absolute atomic E-state index is 11.5. The van der Waals surface area contributed by atoms with Crippen LogP contribution in [0.4, 0.5) is 0 Å². The van der Waals surface area contributed by atoms with Gasteiger partial charge in [-0.3, -0.25) is 9.59 Å². The summed E-state index contributed by atoms with van der Waals surface area (Å²) in [5, 5.41) is 0.222. The highest BCUT2D eigenvalue weighted by molar-refractivity contribution is 8.14. The molecule has 14 heavy (non-hydrogen) atoms. The number of carbonyl (C=O) groups is 2. The van der Waals surface area contributed by atoms with Crippen LogP contribution in [0.5, 0.6) is 0 Å². The van der Waals surface area contributed by atoms with Crippen molar-refractivity contribution in [2.75, 3.05) is 13.1 Å². The van der Waals surface area contributed by atoms with Crippen molar-refractivity contribution < 1.29 is 9.59 Å². The summed E-state index contributed by atoms with van der Waals surface area (Å²) in [4.78, 5) is 24.1. The number of amides is 1. The van der Waals surface area contributed by atoms with Crippen LogP contribution >= 0.6 is 11.8 Å². The molecular formula is C10H15NO2S. The molecule has 1 heterocycles. The Morgan fingerprint density at radius 2 is 2.29 bits per heavy atom. The molecular weight excluding hydrogens is 198 g/mol. The molecule has 1 rings (SSSR count). The summed E-state index contributed by atoms with van der Waals surface area (Å²) in [6.07, 6.45) is 0.484. The standard InChI is InChI=1S/C10H15NO2S/c1-7(2)5-11-6-9(4-10(11)13)14-8(3)12/h9H,1,4-6H2,2-3H3. The largest absolute Gasteiger partial charge is 0.338 e. The van der Waals surface area contributed by atoms with E-state index in [-0.39, 0.29) is 16.3 Å². The van der Waals surface area contributed by atoms with E-state index in [9.17, 15) is 9.59 Å². The zero-order chi connectivity index (χ0) is 10.7. The van der Waals surface area contributed by atoms with E-state index >= 15 is 0 Å². The van der Waals surface area contributed by atoms with E-state index in [0.29, 0.717) is 19.5 Å². The Kier molecular flexibility index (Phi) is 3.75. The molecule has 3 nitrogen and oxygen atoms in total. The highest BCUT2D eigenvalue weighted by atomic mass is 32.2. The van der Waals surface area contributed by atoms with E-state index in [0.717, 1.165) is 5.57 Å². The van der Waals surface area contributed by atoms with E-state index in [4.69, 9.17) is 0 Å². The lowest BCUT2D eigenvalue weighted by atomic mass is 10.3. The lowest BCUT2D eigenvalue weighted by Gasteiger charge is -2.15. The van der Waals surface area contributed by atoms with Crippen molar-refractivity contribution in [1.82, 2.24) is 4.90 Å². The van der Waals surface area contributed by atoms with Gasteiger partial charge in [-0.1, -0.05) is 23.9 Å². The highest BCUT2D eigenvalue weighted by Crippen LogP contribution is 2.24. The molecule has 0 bridgehead atoms.